The maximum Gasteiger partial charge on any atom is 0.251 e. The second-order valence-corrected chi connectivity index (χ2v) is 4.52. The van der Waals surface area contributed by atoms with Crippen LogP contribution in [0.4, 0.5) is 5.69 Å². The molecule has 106 valence electrons. The molecule has 6 nitrogen and oxygen atoms in total. The zero-order valence-electron chi connectivity index (χ0n) is 11.8. The number of carbonyl (C=O) groups is 1. The van der Waals surface area contributed by atoms with Crippen LogP contribution in [0, 0.1) is 6.92 Å². The van der Waals surface area contributed by atoms with Crippen LogP contribution in [0.1, 0.15) is 21.6 Å². The van der Waals surface area contributed by atoms with Gasteiger partial charge in [-0.15, -0.1) is 0 Å². The number of nitrogens with two attached hydrogens (primary N) is 1. The van der Waals surface area contributed by atoms with Gasteiger partial charge in [0.25, 0.3) is 5.91 Å². The van der Waals surface area contributed by atoms with Crippen LogP contribution in [0.3, 0.4) is 0 Å². The number of methoxy groups -OCH3 is 1. The molecule has 2 rings (SSSR count). The van der Waals surface area contributed by atoms with Gasteiger partial charge in [-0.05, 0) is 25.1 Å². The van der Waals surface area contributed by atoms with Crippen LogP contribution in [0.25, 0.3) is 0 Å². The third kappa shape index (κ3) is 2.74. The van der Waals surface area contributed by atoms with Gasteiger partial charge in [0, 0.05) is 30.4 Å². The maximum atomic E-state index is 12.1. The fraction of sp³-hybridized carbons (Fsp3) is 0.286. The van der Waals surface area contributed by atoms with Crippen molar-refractivity contribution in [3.63, 3.8) is 0 Å². The van der Waals surface area contributed by atoms with Crippen LogP contribution < -0.4 is 15.8 Å². The van der Waals surface area contributed by atoms with E-state index in [-0.39, 0.29) is 5.91 Å². The van der Waals surface area contributed by atoms with E-state index in [0.717, 1.165) is 11.3 Å². The molecule has 6 heteroatoms. The Morgan fingerprint density at radius 1 is 1.50 bits per heavy atom. The molecule has 1 aromatic heterocycles. The first kappa shape index (κ1) is 13.9. The molecule has 20 heavy (non-hydrogen) atoms. The third-order valence-corrected chi connectivity index (χ3v) is 3.27. The molecule has 0 unspecified atom stereocenters. The molecule has 0 aliphatic heterocycles. The predicted molar refractivity (Wildman–Crippen MR) is 76.5 cm³/mol. The highest BCUT2D eigenvalue weighted by Crippen LogP contribution is 2.21. The average Bonchev–Trinajstić information content (AvgIpc) is 2.76. The van der Waals surface area contributed by atoms with Gasteiger partial charge in [-0.25, -0.2) is 0 Å². The van der Waals surface area contributed by atoms with Crippen molar-refractivity contribution in [3.05, 3.63) is 41.2 Å². The Bertz CT molecular complexity index is 634. The van der Waals surface area contributed by atoms with E-state index in [0.29, 0.717) is 23.5 Å². The number of ether oxygens (including phenoxy) is 1. The van der Waals surface area contributed by atoms with Crippen LogP contribution in [-0.4, -0.2) is 22.8 Å². The number of hydrogen-bond acceptors (Lipinski definition) is 4. The molecule has 0 fully saturated rings. The number of anilines is 1. The van der Waals surface area contributed by atoms with E-state index in [4.69, 9.17) is 10.5 Å². The number of hydrogen-bond donors (Lipinski definition) is 2. The summed E-state index contributed by atoms with van der Waals surface area (Å²) in [7, 11) is 3.40. The first-order valence-electron chi connectivity index (χ1n) is 6.22. The second kappa shape index (κ2) is 5.64. The van der Waals surface area contributed by atoms with E-state index in [2.05, 4.69) is 10.4 Å². The lowest BCUT2D eigenvalue weighted by Crippen LogP contribution is -2.23. The molecule has 1 amide bonds. The van der Waals surface area contributed by atoms with E-state index in [9.17, 15) is 4.79 Å². The molecule has 1 aromatic carbocycles. The second-order valence-electron chi connectivity index (χ2n) is 4.52. The highest BCUT2D eigenvalue weighted by Gasteiger charge is 2.10. The molecule has 2 aromatic rings. The van der Waals surface area contributed by atoms with Gasteiger partial charge in [0.05, 0.1) is 19.0 Å². The lowest BCUT2D eigenvalue weighted by molar-refractivity contribution is 0.0951. The molecule has 0 aliphatic rings. The summed E-state index contributed by atoms with van der Waals surface area (Å²) in [6.07, 6.45) is 1.75. The summed E-state index contributed by atoms with van der Waals surface area (Å²) in [5, 5.41) is 6.98. The van der Waals surface area contributed by atoms with E-state index in [1.165, 1.54) is 7.11 Å². The summed E-state index contributed by atoms with van der Waals surface area (Å²) in [5.74, 6) is 0.382. The Morgan fingerprint density at radius 3 is 2.80 bits per heavy atom. The Labute approximate surface area is 117 Å². The predicted octanol–water partition coefficient (Wildman–Crippen LogP) is 1.25. The topological polar surface area (TPSA) is 82.2 Å². The van der Waals surface area contributed by atoms with E-state index >= 15 is 0 Å². The van der Waals surface area contributed by atoms with Crippen LogP contribution in [0.2, 0.25) is 0 Å². The van der Waals surface area contributed by atoms with Gasteiger partial charge in [0.1, 0.15) is 5.75 Å². The molecule has 1 heterocycles. The van der Waals surface area contributed by atoms with Crippen molar-refractivity contribution in [3.8, 4) is 5.75 Å². The highest BCUT2D eigenvalue weighted by molar-refractivity contribution is 5.95. The number of rotatable bonds is 4. The molecule has 0 spiro atoms. The minimum atomic E-state index is -0.178. The summed E-state index contributed by atoms with van der Waals surface area (Å²) in [6.45, 7) is 2.39. The van der Waals surface area contributed by atoms with Crippen molar-refractivity contribution in [1.29, 1.82) is 0 Å². The van der Waals surface area contributed by atoms with Crippen LogP contribution >= 0.6 is 0 Å². The standard InChI is InChI=1S/C14H18N4O2/c1-9-11(8-17-18(9)2)7-16-14(19)10-4-5-13(20-3)12(15)6-10/h4-6,8H,7,15H2,1-3H3,(H,16,19). The quantitative estimate of drug-likeness (QED) is 0.822. The maximum absolute atomic E-state index is 12.1. The van der Waals surface area contributed by atoms with Crippen molar-refractivity contribution in [2.45, 2.75) is 13.5 Å². The summed E-state index contributed by atoms with van der Waals surface area (Å²) in [5.41, 5.74) is 8.75. The Balaban J connectivity index is 2.05. The normalized spacial score (nSPS) is 10.3. The molecule has 0 bridgehead atoms. The lowest BCUT2D eigenvalue weighted by atomic mass is 10.1. The number of amides is 1. The van der Waals surface area contributed by atoms with Crippen molar-refractivity contribution in [2.75, 3.05) is 12.8 Å². The third-order valence-electron chi connectivity index (χ3n) is 3.27. The van der Waals surface area contributed by atoms with Crippen LogP contribution in [-0.2, 0) is 13.6 Å². The summed E-state index contributed by atoms with van der Waals surface area (Å²) in [4.78, 5) is 12.1. The average molecular weight is 274 g/mol. The van der Waals surface area contributed by atoms with Gasteiger partial charge < -0.3 is 15.8 Å². The van der Waals surface area contributed by atoms with Crippen molar-refractivity contribution < 1.29 is 9.53 Å². The van der Waals surface area contributed by atoms with Crippen molar-refractivity contribution >= 4 is 11.6 Å². The fourth-order valence-electron chi connectivity index (χ4n) is 1.87. The monoisotopic (exact) mass is 274 g/mol. The van der Waals surface area contributed by atoms with Crippen LogP contribution in [0.15, 0.2) is 24.4 Å². The van der Waals surface area contributed by atoms with Gasteiger partial charge in [0.15, 0.2) is 0 Å². The summed E-state index contributed by atoms with van der Waals surface area (Å²) >= 11 is 0. The molecule has 0 radical (unpaired) electrons. The Hall–Kier alpha value is -2.50. The number of aromatic nitrogens is 2. The van der Waals surface area contributed by atoms with Gasteiger partial charge >= 0.3 is 0 Å². The van der Waals surface area contributed by atoms with Gasteiger partial charge in [-0.2, -0.15) is 5.10 Å². The van der Waals surface area contributed by atoms with Crippen LogP contribution in [0.5, 0.6) is 5.75 Å². The fourth-order valence-corrected chi connectivity index (χ4v) is 1.87. The molecular weight excluding hydrogens is 256 g/mol. The molecule has 0 aliphatic carbocycles. The highest BCUT2D eigenvalue weighted by atomic mass is 16.5. The number of nitrogens with zero attached hydrogens (tertiary/aromatic N) is 2. The molecule has 0 saturated carbocycles. The zero-order chi connectivity index (χ0) is 14.7. The van der Waals surface area contributed by atoms with Crippen molar-refractivity contribution in [1.82, 2.24) is 15.1 Å². The number of nitrogens with one attached hydrogen (secondary N) is 1. The van der Waals surface area contributed by atoms with E-state index < -0.39 is 0 Å². The largest absolute Gasteiger partial charge is 0.495 e. The molecular formula is C14H18N4O2. The SMILES string of the molecule is COc1ccc(C(=O)NCc2cnn(C)c2C)cc1N. The van der Waals surface area contributed by atoms with E-state index in [1.807, 2.05) is 14.0 Å². The number of carbonyl (C=O) groups excluding carboxylic acids is 1. The Morgan fingerprint density at radius 2 is 2.25 bits per heavy atom. The van der Waals surface area contributed by atoms with Gasteiger partial charge in [0.2, 0.25) is 0 Å². The lowest BCUT2D eigenvalue weighted by Gasteiger charge is -2.08. The number of aryl methyl sites for hydroxylation is 1. The van der Waals surface area contributed by atoms with E-state index in [1.54, 1.807) is 29.1 Å². The molecule has 3 N–H and O–H groups in total. The van der Waals surface area contributed by atoms with Crippen molar-refractivity contribution in [2.24, 2.45) is 7.05 Å². The van der Waals surface area contributed by atoms with Gasteiger partial charge in [-0.1, -0.05) is 0 Å². The summed E-state index contributed by atoms with van der Waals surface area (Å²) in [6, 6.07) is 4.96. The zero-order valence-corrected chi connectivity index (χ0v) is 11.8. The smallest absolute Gasteiger partial charge is 0.251 e. The Kier molecular flexibility index (Phi) is 3.93. The first-order valence-corrected chi connectivity index (χ1v) is 6.22. The van der Waals surface area contributed by atoms with Gasteiger partial charge in [-0.3, -0.25) is 9.48 Å². The minimum Gasteiger partial charge on any atom is -0.495 e. The summed E-state index contributed by atoms with van der Waals surface area (Å²) < 4.78 is 6.83. The minimum absolute atomic E-state index is 0.178. The number of benzene rings is 1. The number of nitrogen functional groups attached to an aromatic ring is 1. The first-order chi connectivity index (χ1) is 9.52. The molecule has 0 atom stereocenters. The molecule has 0 saturated heterocycles.